The second kappa shape index (κ2) is 6.76. The molecule has 0 heterocycles. The van der Waals surface area contributed by atoms with Gasteiger partial charge in [0.15, 0.2) is 0 Å². The minimum atomic E-state index is -0.171. The van der Waals surface area contributed by atoms with Crippen molar-refractivity contribution in [3.63, 3.8) is 0 Å². The van der Waals surface area contributed by atoms with Crippen molar-refractivity contribution in [3.8, 4) is 0 Å². The Labute approximate surface area is 109 Å². The van der Waals surface area contributed by atoms with Gasteiger partial charge in [0.2, 0.25) is 0 Å². The molecule has 0 aromatic rings. The van der Waals surface area contributed by atoms with Crippen molar-refractivity contribution in [2.45, 2.75) is 65.6 Å². The number of carbonyl (C=O) groups excluding carboxylic acids is 2. The summed E-state index contributed by atoms with van der Waals surface area (Å²) in [6, 6.07) is 0. The van der Waals surface area contributed by atoms with Gasteiger partial charge in [-0.3, -0.25) is 9.59 Å². The van der Waals surface area contributed by atoms with Crippen LogP contribution in [0.5, 0.6) is 0 Å². The molecule has 0 aliphatic heterocycles. The molecular formula is C14H24O4. The van der Waals surface area contributed by atoms with E-state index in [2.05, 4.69) is 0 Å². The monoisotopic (exact) mass is 256 g/mol. The van der Waals surface area contributed by atoms with Crippen LogP contribution in [-0.2, 0) is 19.1 Å². The van der Waals surface area contributed by atoms with Gasteiger partial charge in [-0.15, -0.1) is 0 Å². The fraction of sp³-hybridized carbons (Fsp3) is 0.857. The molecule has 1 aliphatic carbocycles. The van der Waals surface area contributed by atoms with Gasteiger partial charge in [-0.05, 0) is 19.3 Å². The first kappa shape index (κ1) is 15.0. The molecule has 0 amide bonds. The van der Waals surface area contributed by atoms with Gasteiger partial charge in [0.25, 0.3) is 0 Å². The van der Waals surface area contributed by atoms with Gasteiger partial charge in [0.1, 0.15) is 12.2 Å². The summed E-state index contributed by atoms with van der Waals surface area (Å²) in [4.78, 5) is 23.0. The first-order chi connectivity index (χ1) is 8.40. The first-order valence-electron chi connectivity index (χ1n) is 6.81. The van der Waals surface area contributed by atoms with E-state index < -0.39 is 0 Å². The molecule has 0 saturated heterocycles. The molecule has 0 unspecified atom stereocenters. The first-order valence-corrected chi connectivity index (χ1v) is 6.81. The normalized spacial score (nSPS) is 24.1. The molecule has 4 heteroatoms. The fourth-order valence-electron chi connectivity index (χ4n) is 1.92. The Hall–Kier alpha value is -1.06. The molecule has 1 aliphatic rings. The smallest absolute Gasteiger partial charge is 0.308 e. The molecule has 0 bridgehead atoms. The number of esters is 2. The zero-order chi connectivity index (χ0) is 13.7. The van der Waals surface area contributed by atoms with E-state index in [1.54, 1.807) is 0 Å². The van der Waals surface area contributed by atoms with Crippen molar-refractivity contribution in [1.82, 2.24) is 0 Å². The SMILES string of the molecule is CC(C)C(=O)O[C@@H]1CCC[C@H](OC(=O)C(C)C)C1. The zero-order valence-electron chi connectivity index (χ0n) is 11.8. The van der Waals surface area contributed by atoms with Gasteiger partial charge in [0.05, 0.1) is 11.8 Å². The van der Waals surface area contributed by atoms with Crippen LogP contribution in [0.15, 0.2) is 0 Å². The lowest BCUT2D eigenvalue weighted by molar-refractivity contribution is -0.162. The van der Waals surface area contributed by atoms with E-state index >= 15 is 0 Å². The molecule has 0 spiro atoms. The topological polar surface area (TPSA) is 52.6 Å². The van der Waals surface area contributed by atoms with Crippen molar-refractivity contribution in [2.24, 2.45) is 11.8 Å². The van der Waals surface area contributed by atoms with Crippen LogP contribution >= 0.6 is 0 Å². The summed E-state index contributed by atoms with van der Waals surface area (Å²) in [5.41, 5.74) is 0. The lowest BCUT2D eigenvalue weighted by Crippen LogP contribution is -2.33. The molecule has 2 atom stereocenters. The summed E-state index contributed by atoms with van der Waals surface area (Å²) >= 11 is 0. The predicted molar refractivity (Wildman–Crippen MR) is 67.9 cm³/mol. The van der Waals surface area contributed by atoms with Crippen LogP contribution in [0.1, 0.15) is 53.4 Å². The van der Waals surface area contributed by atoms with Crippen LogP contribution in [0.2, 0.25) is 0 Å². The largest absolute Gasteiger partial charge is 0.462 e. The Kier molecular flexibility index (Phi) is 5.63. The summed E-state index contributed by atoms with van der Waals surface area (Å²) in [5, 5.41) is 0. The van der Waals surface area contributed by atoms with Crippen LogP contribution in [0.25, 0.3) is 0 Å². The molecule has 4 nitrogen and oxygen atoms in total. The average Bonchev–Trinajstić information content (AvgIpc) is 2.29. The zero-order valence-corrected chi connectivity index (χ0v) is 11.8. The van der Waals surface area contributed by atoms with Gasteiger partial charge >= 0.3 is 11.9 Å². The highest BCUT2D eigenvalue weighted by Crippen LogP contribution is 2.25. The third-order valence-electron chi connectivity index (χ3n) is 3.09. The number of hydrogen-bond acceptors (Lipinski definition) is 4. The van der Waals surface area contributed by atoms with Crippen molar-refractivity contribution < 1.29 is 19.1 Å². The Morgan fingerprint density at radius 2 is 1.28 bits per heavy atom. The second-order valence-electron chi connectivity index (χ2n) is 5.59. The lowest BCUT2D eigenvalue weighted by atomic mass is 9.94. The van der Waals surface area contributed by atoms with E-state index in [4.69, 9.17) is 9.47 Å². The summed E-state index contributed by atoms with van der Waals surface area (Å²) in [6.07, 6.45) is 3.11. The molecule has 1 rings (SSSR count). The van der Waals surface area contributed by atoms with Crippen LogP contribution in [0, 0.1) is 11.8 Å². The maximum atomic E-state index is 11.5. The van der Waals surface area contributed by atoms with Gasteiger partial charge in [-0.2, -0.15) is 0 Å². The van der Waals surface area contributed by atoms with E-state index in [-0.39, 0.29) is 36.0 Å². The predicted octanol–water partition coefficient (Wildman–Crippen LogP) is 2.70. The molecular weight excluding hydrogens is 232 g/mol. The molecule has 18 heavy (non-hydrogen) atoms. The fourth-order valence-corrected chi connectivity index (χ4v) is 1.92. The quantitative estimate of drug-likeness (QED) is 0.726. The van der Waals surface area contributed by atoms with Gasteiger partial charge in [-0.1, -0.05) is 27.7 Å². The average molecular weight is 256 g/mol. The minimum absolute atomic E-state index is 0.0985. The number of hydrogen-bond donors (Lipinski definition) is 0. The minimum Gasteiger partial charge on any atom is -0.462 e. The maximum Gasteiger partial charge on any atom is 0.308 e. The van der Waals surface area contributed by atoms with Crippen LogP contribution in [0.3, 0.4) is 0 Å². The Bertz CT molecular complexity index is 268. The summed E-state index contributed by atoms with van der Waals surface area (Å²) in [6.45, 7) is 7.28. The summed E-state index contributed by atoms with van der Waals surface area (Å²) < 4.78 is 10.8. The highest BCUT2D eigenvalue weighted by Gasteiger charge is 2.28. The molecule has 0 aromatic carbocycles. The van der Waals surface area contributed by atoms with Crippen molar-refractivity contribution in [2.75, 3.05) is 0 Å². The van der Waals surface area contributed by atoms with Crippen molar-refractivity contribution in [3.05, 3.63) is 0 Å². The standard InChI is InChI=1S/C14H24O4/c1-9(2)13(15)17-11-6-5-7-12(8-11)18-14(16)10(3)4/h9-12H,5-8H2,1-4H3/t11-,12+. The molecule has 0 aromatic heterocycles. The Morgan fingerprint density at radius 1 is 0.889 bits per heavy atom. The summed E-state index contributed by atoms with van der Waals surface area (Å²) in [5.74, 6) is -0.557. The second-order valence-corrected chi connectivity index (χ2v) is 5.59. The van der Waals surface area contributed by atoms with E-state index in [9.17, 15) is 9.59 Å². The van der Waals surface area contributed by atoms with Crippen molar-refractivity contribution in [1.29, 1.82) is 0 Å². The van der Waals surface area contributed by atoms with Crippen LogP contribution in [0.4, 0.5) is 0 Å². The van der Waals surface area contributed by atoms with E-state index in [0.717, 1.165) is 19.3 Å². The molecule has 104 valence electrons. The lowest BCUT2D eigenvalue weighted by Gasteiger charge is -2.29. The molecule has 0 N–H and O–H groups in total. The highest BCUT2D eigenvalue weighted by molar-refractivity contribution is 5.72. The van der Waals surface area contributed by atoms with E-state index in [0.29, 0.717) is 6.42 Å². The summed E-state index contributed by atoms with van der Waals surface area (Å²) in [7, 11) is 0. The maximum absolute atomic E-state index is 11.5. The molecule has 0 radical (unpaired) electrons. The Morgan fingerprint density at radius 3 is 1.61 bits per heavy atom. The number of ether oxygens (including phenoxy) is 2. The number of rotatable bonds is 4. The molecule has 1 saturated carbocycles. The van der Waals surface area contributed by atoms with Gasteiger partial charge in [-0.25, -0.2) is 0 Å². The van der Waals surface area contributed by atoms with E-state index in [1.807, 2.05) is 27.7 Å². The van der Waals surface area contributed by atoms with Crippen LogP contribution in [-0.4, -0.2) is 24.1 Å². The van der Waals surface area contributed by atoms with E-state index in [1.165, 1.54) is 0 Å². The van der Waals surface area contributed by atoms with Gasteiger partial charge in [0, 0.05) is 6.42 Å². The Balaban J connectivity index is 2.41. The van der Waals surface area contributed by atoms with Crippen LogP contribution < -0.4 is 0 Å². The highest BCUT2D eigenvalue weighted by atomic mass is 16.6. The van der Waals surface area contributed by atoms with Crippen molar-refractivity contribution >= 4 is 11.9 Å². The number of carbonyl (C=O) groups is 2. The third kappa shape index (κ3) is 4.67. The molecule has 1 fully saturated rings. The van der Waals surface area contributed by atoms with Gasteiger partial charge < -0.3 is 9.47 Å². The third-order valence-corrected chi connectivity index (χ3v) is 3.09.